The van der Waals surface area contributed by atoms with Gasteiger partial charge in [-0.05, 0) is 20.3 Å². The van der Waals surface area contributed by atoms with Crippen molar-refractivity contribution in [3.63, 3.8) is 0 Å². The highest BCUT2D eigenvalue weighted by Crippen LogP contribution is 2.36. The number of carbonyl (C=O) groups is 2. The Labute approximate surface area is 112 Å². The summed E-state index contributed by atoms with van der Waals surface area (Å²) in [5.41, 5.74) is 0.810. The van der Waals surface area contributed by atoms with Crippen LogP contribution < -0.4 is 0 Å². The Hall–Kier alpha value is -1.85. The van der Waals surface area contributed by atoms with Crippen LogP contribution in [0.4, 0.5) is 0 Å². The summed E-state index contributed by atoms with van der Waals surface area (Å²) in [6.07, 6.45) is 4.05. The monoisotopic (exact) mass is 265 g/mol. The highest BCUT2D eigenvalue weighted by molar-refractivity contribution is 5.81. The maximum absolute atomic E-state index is 12.0. The molecule has 1 fully saturated rings. The molecule has 1 aliphatic heterocycles. The van der Waals surface area contributed by atoms with Crippen molar-refractivity contribution in [1.82, 2.24) is 14.5 Å². The van der Waals surface area contributed by atoms with E-state index in [-0.39, 0.29) is 5.91 Å². The van der Waals surface area contributed by atoms with E-state index >= 15 is 0 Å². The number of carboxylic acids is 1. The van der Waals surface area contributed by atoms with Crippen LogP contribution in [0.3, 0.4) is 0 Å². The number of rotatable bonds is 4. The largest absolute Gasteiger partial charge is 0.481 e. The second kappa shape index (κ2) is 5.42. The Balaban J connectivity index is 2.44. The molecule has 2 unspecified atom stereocenters. The predicted molar refractivity (Wildman–Crippen MR) is 68.4 cm³/mol. The molecule has 2 heterocycles. The minimum absolute atomic E-state index is 0.0221. The molecule has 104 valence electrons. The van der Waals surface area contributed by atoms with Crippen molar-refractivity contribution >= 4 is 11.9 Å². The summed E-state index contributed by atoms with van der Waals surface area (Å²) >= 11 is 0. The minimum Gasteiger partial charge on any atom is -0.481 e. The third kappa shape index (κ3) is 2.34. The van der Waals surface area contributed by atoms with E-state index in [0.29, 0.717) is 25.9 Å². The number of carboxylic acid groups (broad SMARTS) is 1. The average molecular weight is 265 g/mol. The SMILES string of the molecule is CCN1C(=O)CCC(C(=O)O)C1c1cncn1CC. The molecule has 1 amide bonds. The fourth-order valence-electron chi connectivity index (χ4n) is 2.79. The first-order valence-corrected chi connectivity index (χ1v) is 6.62. The second-order valence-electron chi connectivity index (χ2n) is 4.71. The van der Waals surface area contributed by atoms with Crippen LogP contribution >= 0.6 is 0 Å². The summed E-state index contributed by atoms with van der Waals surface area (Å²) in [4.78, 5) is 29.2. The highest BCUT2D eigenvalue weighted by atomic mass is 16.4. The van der Waals surface area contributed by atoms with Crippen molar-refractivity contribution in [3.05, 3.63) is 18.2 Å². The molecule has 0 spiro atoms. The van der Waals surface area contributed by atoms with Gasteiger partial charge in [0.25, 0.3) is 0 Å². The Kier molecular flexibility index (Phi) is 3.87. The summed E-state index contributed by atoms with van der Waals surface area (Å²) in [6, 6.07) is -0.411. The van der Waals surface area contributed by atoms with Crippen molar-refractivity contribution in [2.24, 2.45) is 5.92 Å². The smallest absolute Gasteiger partial charge is 0.309 e. The van der Waals surface area contributed by atoms with E-state index in [1.165, 1.54) is 0 Å². The first-order valence-electron chi connectivity index (χ1n) is 6.62. The van der Waals surface area contributed by atoms with Gasteiger partial charge in [0.15, 0.2) is 0 Å². The zero-order chi connectivity index (χ0) is 14.0. The lowest BCUT2D eigenvalue weighted by molar-refractivity contribution is -0.152. The molecule has 1 aliphatic rings. The molecule has 1 aromatic heterocycles. The van der Waals surface area contributed by atoms with Crippen molar-refractivity contribution in [2.45, 2.75) is 39.3 Å². The van der Waals surface area contributed by atoms with Gasteiger partial charge in [0.1, 0.15) is 0 Å². The Bertz CT molecular complexity index is 481. The number of imidazole rings is 1. The lowest BCUT2D eigenvalue weighted by atomic mass is 9.87. The van der Waals surface area contributed by atoms with Crippen molar-refractivity contribution < 1.29 is 14.7 Å². The molecule has 2 rings (SSSR count). The number of aryl methyl sites for hydroxylation is 1. The number of amides is 1. The van der Waals surface area contributed by atoms with E-state index in [1.54, 1.807) is 17.4 Å². The number of aliphatic carboxylic acids is 1. The zero-order valence-electron chi connectivity index (χ0n) is 11.2. The van der Waals surface area contributed by atoms with E-state index in [0.717, 1.165) is 5.69 Å². The van der Waals surface area contributed by atoms with Crippen LogP contribution in [0, 0.1) is 5.92 Å². The van der Waals surface area contributed by atoms with Gasteiger partial charge < -0.3 is 14.6 Å². The number of carbonyl (C=O) groups excluding carboxylic acids is 1. The maximum Gasteiger partial charge on any atom is 0.309 e. The molecule has 0 aliphatic carbocycles. The topological polar surface area (TPSA) is 75.4 Å². The number of hydrogen-bond donors (Lipinski definition) is 1. The minimum atomic E-state index is -0.847. The van der Waals surface area contributed by atoms with Gasteiger partial charge in [0, 0.05) is 19.5 Å². The molecule has 6 nitrogen and oxygen atoms in total. The molecule has 19 heavy (non-hydrogen) atoms. The summed E-state index contributed by atoms with van der Waals surface area (Å²) in [7, 11) is 0. The van der Waals surface area contributed by atoms with Crippen molar-refractivity contribution in [1.29, 1.82) is 0 Å². The molecule has 0 aromatic carbocycles. The average Bonchev–Trinajstić information content (AvgIpc) is 2.85. The first kappa shape index (κ1) is 13.6. The number of nitrogens with zero attached hydrogens (tertiary/aromatic N) is 3. The van der Waals surface area contributed by atoms with Crippen LogP contribution in [0.5, 0.6) is 0 Å². The molecule has 1 aromatic rings. The van der Waals surface area contributed by atoms with Crippen LogP contribution in [-0.4, -0.2) is 38.0 Å². The Morgan fingerprint density at radius 2 is 2.21 bits per heavy atom. The lowest BCUT2D eigenvalue weighted by Gasteiger charge is -2.39. The molecular formula is C13H19N3O3. The van der Waals surface area contributed by atoms with Gasteiger partial charge in [-0.1, -0.05) is 0 Å². The quantitative estimate of drug-likeness (QED) is 0.890. The molecule has 0 saturated carbocycles. The van der Waals surface area contributed by atoms with Crippen molar-refractivity contribution in [2.75, 3.05) is 6.54 Å². The third-order valence-electron chi connectivity index (χ3n) is 3.75. The molecule has 0 bridgehead atoms. The fraction of sp³-hybridized carbons (Fsp3) is 0.615. The van der Waals surface area contributed by atoms with Gasteiger partial charge in [-0.15, -0.1) is 0 Å². The normalized spacial score (nSPS) is 23.7. The van der Waals surface area contributed by atoms with E-state index in [4.69, 9.17) is 0 Å². The van der Waals surface area contributed by atoms with Gasteiger partial charge in [0.05, 0.1) is 30.2 Å². The number of aromatic nitrogens is 2. The molecule has 2 atom stereocenters. The standard InChI is InChI=1S/C13H19N3O3/c1-3-15-8-14-7-10(15)12-9(13(18)19)5-6-11(17)16(12)4-2/h7-9,12H,3-6H2,1-2H3,(H,18,19). The van der Waals surface area contributed by atoms with Crippen LogP contribution in [0.15, 0.2) is 12.5 Å². The zero-order valence-corrected chi connectivity index (χ0v) is 11.2. The van der Waals surface area contributed by atoms with E-state index in [9.17, 15) is 14.7 Å². The fourth-order valence-corrected chi connectivity index (χ4v) is 2.79. The lowest BCUT2D eigenvalue weighted by Crippen LogP contribution is -2.45. The number of piperidine rings is 1. The molecule has 1 N–H and O–H groups in total. The van der Waals surface area contributed by atoms with Gasteiger partial charge in [0.2, 0.25) is 5.91 Å². The van der Waals surface area contributed by atoms with E-state index in [1.807, 2.05) is 18.4 Å². The predicted octanol–water partition coefficient (Wildman–Crippen LogP) is 1.29. The Morgan fingerprint density at radius 1 is 1.47 bits per heavy atom. The van der Waals surface area contributed by atoms with E-state index < -0.39 is 17.9 Å². The van der Waals surface area contributed by atoms with Gasteiger partial charge in [-0.2, -0.15) is 0 Å². The molecule has 6 heteroatoms. The summed E-state index contributed by atoms with van der Waals surface area (Å²) in [6.45, 7) is 5.08. The third-order valence-corrected chi connectivity index (χ3v) is 3.75. The second-order valence-corrected chi connectivity index (χ2v) is 4.71. The van der Waals surface area contributed by atoms with Crippen LogP contribution in [-0.2, 0) is 16.1 Å². The van der Waals surface area contributed by atoms with Crippen molar-refractivity contribution in [3.8, 4) is 0 Å². The van der Waals surface area contributed by atoms with Gasteiger partial charge in [-0.3, -0.25) is 9.59 Å². The number of hydrogen-bond acceptors (Lipinski definition) is 3. The maximum atomic E-state index is 12.0. The summed E-state index contributed by atoms with van der Waals surface area (Å²) in [5.74, 6) is -1.38. The molecular weight excluding hydrogens is 246 g/mol. The van der Waals surface area contributed by atoms with Gasteiger partial charge in [-0.25, -0.2) is 4.98 Å². The highest BCUT2D eigenvalue weighted by Gasteiger charge is 2.41. The van der Waals surface area contributed by atoms with Crippen LogP contribution in [0.25, 0.3) is 0 Å². The Morgan fingerprint density at radius 3 is 2.79 bits per heavy atom. The van der Waals surface area contributed by atoms with E-state index in [2.05, 4.69) is 4.98 Å². The molecule has 1 saturated heterocycles. The van der Waals surface area contributed by atoms with Crippen LogP contribution in [0.1, 0.15) is 38.4 Å². The number of likely N-dealkylation sites (tertiary alicyclic amines) is 1. The summed E-state index contributed by atoms with van der Waals surface area (Å²) in [5, 5.41) is 9.40. The summed E-state index contributed by atoms with van der Waals surface area (Å²) < 4.78 is 1.90. The van der Waals surface area contributed by atoms with Gasteiger partial charge >= 0.3 is 5.97 Å². The molecule has 0 radical (unpaired) electrons. The first-order chi connectivity index (χ1) is 9.10. The van der Waals surface area contributed by atoms with Crippen LogP contribution in [0.2, 0.25) is 0 Å².